The van der Waals surface area contributed by atoms with E-state index in [-0.39, 0.29) is 31.6 Å². The van der Waals surface area contributed by atoms with Gasteiger partial charge in [0, 0.05) is 19.6 Å². The molecule has 32 heavy (non-hydrogen) atoms. The van der Waals surface area contributed by atoms with Crippen LogP contribution in [0.3, 0.4) is 0 Å². The van der Waals surface area contributed by atoms with Gasteiger partial charge >= 0.3 is 5.97 Å². The van der Waals surface area contributed by atoms with Gasteiger partial charge in [-0.05, 0) is 12.0 Å². The first kappa shape index (κ1) is 20.9. The number of carbonyl (C=O) groups is 3. The number of aliphatic hydroxyl groups is 1. The molecular formula is C24H26N2O6. The fraction of sp³-hybridized carbons (Fsp3) is 0.458. The van der Waals surface area contributed by atoms with Crippen molar-refractivity contribution in [2.24, 2.45) is 11.8 Å². The summed E-state index contributed by atoms with van der Waals surface area (Å²) in [7, 11) is 0. The monoisotopic (exact) mass is 438 g/mol. The lowest BCUT2D eigenvalue weighted by Gasteiger charge is -2.35. The molecule has 2 saturated heterocycles. The molecule has 8 nitrogen and oxygen atoms in total. The van der Waals surface area contributed by atoms with E-state index >= 15 is 0 Å². The third kappa shape index (κ3) is 3.17. The van der Waals surface area contributed by atoms with Gasteiger partial charge in [-0.2, -0.15) is 0 Å². The Bertz CT molecular complexity index is 976. The van der Waals surface area contributed by atoms with Crippen LogP contribution in [0, 0.1) is 11.8 Å². The van der Waals surface area contributed by atoms with Gasteiger partial charge < -0.3 is 24.4 Å². The maximum atomic E-state index is 13.8. The number of fused-ring (bicyclic) bond motifs is 2. The number of rotatable bonds is 4. The van der Waals surface area contributed by atoms with E-state index in [9.17, 15) is 19.5 Å². The van der Waals surface area contributed by atoms with Crippen LogP contribution in [0.25, 0.3) is 0 Å². The number of amides is 2. The van der Waals surface area contributed by atoms with Crippen LogP contribution >= 0.6 is 0 Å². The number of cyclic esters (lactones) is 1. The largest absolute Gasteiger partial charge is 0.465 e. The van der Waals surface area contributed by atoms with Crippen molar-refractivity contribution in [2.45, 2.75) is 30.7 Å². The first-order valence-corrected chi connectivity index (χ1v) is 11.0. The molecule has 8 heteroatoms. The van der Waals surface area contributed by atoms with Gasteiger partial charge in [0.25, 0.3) is 0 Å². The van der Waals surface area contributed by atoms with E-state index in [1.807, 2.05) is 48.6 Å². The van der Waals surface area contributed by atoms with Crippen molar-refractivity contribution in [3.8, 4) is 0 Å². The maximum absolute atomic E-state index is 13.8. The van der Waals surface area contributed by atoms with Crippen molar-refractivity contribution in [3.63, 3.8) is 0 Å². The molecule has 4 heterocycles. The lowest BCUT2D eigenvalue weighted by atomic mass is 9.77. The van der Waals surface area contributed by atoms with Crippen molar-refractivity contribution in [1.29, 1.82) is 0 Å². The van der Waals surface area contributed by atoms with Crippen LogP contribution in [0.15, 0.2) is 54.6 Å². The van der Waals surface area contributed by atoms with Crippen LogP contribution in [0.1, 0.15) is 12.0 Å². The second-order valence-corrected chi connectivity index (χ2v) is 8.59. The molecule has 1 aromatic rings. The van der Waals surface area contributed by atoms with Gasteiger partial charge in [-0.25, -0.2) is 0 Å². The van der Waals surface area contributed by atoms with Crippen LogP contribution in [0.5, 0.6) is 0 Å². The second kappa shape index (κ2) is 8.18. The van der Waals surface area contributed by atoms with E-state index in [1.165, 1.54) is 4.90 Å². The second-order valence-electron chi connectivity index (χ2n) is 8.59. The van der Waals surface area contributed by atoms with E-state index in [0.717, 1.165) is 5.56 Å². The molecule has 0 bridgehead atoms. The maximum Gasteiger partial charge on any atom is 0.312 e. The zero-order chi connectivity index (χ0) is 22.3. The number of β-amino-alcohol motifs (C(OH)–C–C–N with tert-alkyl or cyclic N) is 1. The number of likely N-dealkylation sites (tertiary alicyclic amines) is 1. The molecule has 2 unspecified atom stereocenters. The summed E-state index contributed by atoms with van der Waals surface area (Å²) in [5.41, 5.74) is -0.307. The average molecular weight is 438 g/mol. The fourth-order valence-corrected chi connectivity index (χ4v) is 5.45. The lowest BCUT2D eigenvalue weighted by Crippen LogP contribution is -2.55. The Morgan fingerprint density at radius 3 is 2.69 bits per heavy atom. The highest BCUT2D eigenvalue weighted by Crippen LogP contribution is 2.53. The van der Waals surface area contributed by atoms with Crippen molar-refractivity contribution in [1.82, 2.24) is 9.80 Å². The van der Waals surface area contributed by atoms with Crippen LogP contribution in [-0.2, 0) is 30.4 Å². The number of hydrogen-bond donors (Lipinski definition) is 1. The minimum absolute atomic E-state index is 0.00780. The zero-order valence-electron chi connectivity index (χ0n) is 17.6. The summed E-state index contributed by atoms with van der Waals surface area (Å²) in [6, 6.07) is 8.68. The molecule has 0 radical (unpaired) electrons. The highest BCUT2D eigenvalue weighted by molar-refractivity contribution is 5.99. The highest BCUT2D eigenvalue weighted by Gasteiger charge is 2.71. The Balaban J connectivity index is 1.56. The SMILES string of the molecule is O=C1OCCC=C[C@H]2OC34C=CCN(Cc5ccccc5)C(=O)[C@H]3N(CCO)C(=O)[C@@H]4C12. The van der Waals surface area contributed by atoms with Gasteiger partial charge in [-0.3, -0.25) is 14.4 Å². The number of benzene rings is 1. The predicted molar refractivity (Wildman–Crippen MR) is 113 cm³/mol. The topological polar surface area (TPSA) is 96.4 Å². The average Bonchev–Trinajstić information content (AvgIpc) is 3.16. The Kier molecular flexibility index (Phi) is 5.35. The van der Waals surface area contributed by atoms with Gasteiger partial charge in [0.05, 0.1) is 25.2 Å². The first-order valence-electron chi connectivity index (χ1n) is 11.0. The number of carbonyl (C=O) groups excluding carboxylic acids is 3. The smallest absolute Gasteiger partial charge is 0.312 e. The number of nitrogens with zero attached hydrogens (tertiary/aromatic N) is 2. The molecular weight excluding hydrogens is 412 g/mol. The Hall–Kier alpha value is -2.97. The molecule has 0 aromatic heterocycles. The third-order valence-corrected chi connectivity index (χ3v) is 6.76. The number of ether oxygens (including phenoxy) is 2. The summed E-state index contributed by atoms with van der Waals surface area (Å²) in [6.07, 6.45) is 7.25. The van der Waals surface area contributed by atoms with Crippen LogP contribution in [0.2, 0.25) is 0 Å². The van der Waals surface area contributed by atoms with Gasteiger partial charge in [0.2, 0.25) is 11.8 Å². The molecule has 2 fully saturated rings. The Labute approximate surface area is 186 Å². The van der Waals surface area contributed by atoms with Gasteiger partial charge in [-0.1, -0.05) is 54.6 Å². The molecule has 4 aliphatic rings. The molecule has 0 saturated carbocycles. The quantitative estimate of drug-likeness (QED) is 0.548. The number of hydrogen-bond acceptors (Lipinski definition) is 6. The Morgan fingerprint density at radius 2 is 1.91 bits per heavy atom. The molecule has 168 valence electrons. The molecule has 4 aliphatic heterocycles. The zero-order valence-corrected chi connectivity index (χ0v) is 17.6. The third-order valence-electron chi connectivity index (χ3n) is 6.76. The number of esters is 1. The molecule has 1 aromatic carbocycles. The summed E-state index contributed by atoms with van der Waals surface area (Å²) in [5.74, 6) is -2.80. The standard InChI is InChI=1S/C24H26N2O6/c27-13-12-26-20-22(29)25(15-16-7-2-1-3-8-16)11-6-10-24(20)19(21(26)28)18-17(32-24)9-4-5-14-31-23(18)30/h1-4,6-10,17-20,27H,5,11-15H2/t17-,18?,19+,20-,24?/m1/s1. The summed E-state index contributed by atoms with van der Waals surface area (Å²) in [6.45, 7) is 0.692. The van der Waals surface area contributed by atoms with Gasteiger partial charge in [-0.15, -0.1) is 0 Å². The molecule has 2 amide bonds. The normalized spacial score (nSPS) is 33.8. The minimum Gasteiger partial charge on any atom is -0.465 e. The van der Waals surface area contributed by atoms with E-state index < -0.39 is 35.6 Å². The Morgan fingerprint density at radius 1 is 1.09 bits per heavy atom. The molecule has 1 spiro atoms. The summed E-state index contributed by atoms with van der Waals surface area (Å²) < 4.78 is 11.8. The van der Waals surface area contributed by atoms with E-state index in [1.54, 1.807) is 11.0 Å². The van der Waals surface area contributed by atoms with E-state index in [0.29, 0.717) is 19.5 Å². The van der Waals surface area contributed by atoms with Crippen LogP contribution in [0.4, 0.5) is 0 Å². The number of aliphatic hydroxyl groups excluding tert-OH is 1. The molecule has 1 N–H and O–H groups in total. The van der Waals surface area contributed by atoms with E-state index in [2.05, 4.69) is 0 Å². The first-order chi connectivity index (χ1) is 15.6. The highest BCUT2D eigenvalue weighted by atomic mass is 16.6. The fourth-order valence-electron chi connectivity index (χ4n) is 5.45. The minimum atomic E-state index is -1.28. The molecule has 5 rings (SSSR count). The lowest BCUT2D eigenvalue weighted by molar-refractivity contribution is -0.155. The molecule has 0 aliphatic carbocycles. The predicted octanol–water partition coefficient (Wildman–Crippen LogP) is 0.661. The summed E-state index contributed by atoms with van der Waals surface area (Å²) in [5, 5.41) is 9.64. The van der Waals surface area contributed by atoms with Crippen molar-refractivity contribution in [2.75, 3.05) is 26.3 Å². The van der Waals surface area contributed by atoms with Crippen molar-refractivity contribution < 1.29 is 29.0 Å². The van der Waals surface area contributed by atoms with Crippen LogP contribution < -0.4 is 0 Å². The van der Waals surface area contributed by atoms with E-state index in [4.69, 9.17) is 9.47 Å². The van der Waals surface area contributed by atoms with Crippen LogP contribution in [-0.4, -0.2) is 76.7 Å². The van der Waals surface area contributed by atoms with Gasteiger partial charge in [0.15, 0.2) is 0 Å². The van der Waals surface area contributed by atoms with Gasteiger partial charge in [0.1, 0.15) is 17.6 Å². The summed E-state index contributed by atoms with van der Waals surface area (Å²) in [4.78, 5) is 43.3. The van der Waals surface area contributed by atoms with Crippen molar-refractivity contribution in [3.05, 3.63) is 60.2 Å². The summed E-state index contributed by atoms with van der Waals surface area (Å²) >= 11 is 0. The molecule has 5 atom stereocenters. The van der Waals surface area contributed by atoms with Crippen molar-refractivity contribution >= 4 is 17.8 Å².